The third-order valence-corrected chi connectivity index (χ3v) is 3.98. The molecule has 7 nitrogen and oxygen atoms in total. The molecule has 3 rings (SSSR count). The number of nitrogens with one attached hydrogen (secondary N) is 1. The smallest absolute Gasteiger partial charge is 0.416 e. The number of aromatic nitrogens is 1. The van der Waals surface area contributed by atoms with Crippen LogP contribution in [-0.2, 0) is 16.1 Å². The Labute approximate surface area is 145 Å². The third kappa shape index (κ3) is 3.77. The zero-order valence-electron chi connectivity index (χ0n) is 13.8. The van der Waals surface area contributed by atoms with Gasteiger partial charge in [0.25, 0.3) is 0 Å². The van der Waals surface area contributed by atoms with Gasteiger partial charge in [0.15, 0.2) is 0 Å². The van der Waals surface area contributed by atoms with Gasteiger partial charge in [0.05, 0.1) is 19.7 Å². The van der Waals surface area contributed by atoms with Crippen LogP contribution in [0.4, 0.5) is 10.6 Å². The standard InChI is InChI=1S/C18H19N3O4/c1-12(23)19-9-15-10-21(18(24)25-15)17-7-6-13(8-20-17)16-5-3-2-4-14(16)11-22/h2-8,15,22H,9-11H2,1H3,(H,19,23)/t15-/m0/s1. The van der Waals surface area contributed by atoms with Crippen LogP contribution in [0.15, 0.2) is 42.6 Å². The van der Waals surface area contributed by atoms with E-state index >= 15 is 0 Å². The number of hydrogen-bond acceptors (Lipinski definition) is 5. The zero-order valence-corrected chi connectivity index (χ0v) is 13.8. The number of pyridine rings is 1. The van der Waals surface area contributed by atoms with Crippen molar-refractivity contribution < 1.29 is 19.4 Å². The number of nitrogens with zero attached hydrogens (tertiary/aromatic N) is 2. The van der Waals surface area contributed by atoms with E-state index < -0.39 is 12.2 Å². The maximum Gasteiger partial charge on any atom is 0.416 e. The van der Waals surface area contributed by atoms with Crippen LogP contribution in [0.3, 0.4) is 0 Å². The SMILES string of the molecule is CC(=O)NC[C@H]1CN(c2ccc(-c3ccccc3CO)cn2)C(=O)O1. The van der Waals surface area contributed by atoms with Crippen molar-refractivity contribution in [1.29, 1.82) is 0 Å². The second kappa shape index (κ2) is 7.31. The summed E-state index contributed by atoms with van der Waals surface area (Å²) < 4.78 is 5.23. The molecule has 0 saturated carbocycles. The predicted molar refractivity (Wildman–Crippen MR) is 91.9 cm³/mol. The summed E-state index contributed by atoms with van der Waals surface area (Å²) in [6.07, 6.45) is 0.789. The highest BCUT2D eigenvalue weighted by molar-refractivity contribution is 5.89. The highest BCUT2D eigenvalue weighted by atomic mass is 16.6. The Kier molecular flexibility index (Phi) is 4.95. The number of rotatable bonds is 5. The van der Waals surface area contributed by atoms with Gasteiger partial charge in [-0.2, -0.15) is 0 Å². The van der Waals surface area contributed by atoms with Crippen molar-refractivity contribution >= 4 is 17.8 Å². The van der Waals surface area contributed by atoms with Crippen LogP contribution < -0.4 is 10.2 Å². The molecule has 1 aromatic carbocycles. The number of hydrogen-bond donors (Lipinski definition) is 2. The van der Waals surface area contributed by atoms with Crippen molar-refractivity contribution in [2.24, 2.45) is 0 Å². The van der Waals surface area contributed by atoms with Crippen molar-refractivity contribution in [2.45, 2.75) is 19.6 Å². The predicted octanol–water partition coefficient (Wildman–Crippen LogP) is 1.70. The number of benzene rings is 1. The number of aliphatic hydroxyl groups excluding tert-OH is 1. The number of cyclic esters (lactones) is 1. The van der Waals surface area contributed by atoms with E-state index in [1.165, 1.54) is 11.8 Å². The van der Waals surface area contributed by atoms with Gasteiger partial charge in [-0.05, 0) is 23.3 Å². The molecule has 1 fully saturated rings. The van der Waals surface area contributed by atoms with Gasteiger partial charge < -0.3 is 15.2 Å². The molecule has 2 N–H and O–H groups in total. The van der Waals surface area contributed by atoms with Crippen LogP contribution in [0.2, 0.25) is 0 Å². The molecule has 0 unspecified atom stereocenters. The van der Waals surface area contributed by atoms with E-state index in [2.05, 4.69) is 10.3 Å². The topological polar surface area (TPSA) is 91.8 Å². The molecule has 25 heavy (non-hydrogen) atoms. The highest BCUT2D eigenvalue weighted by Crippen LogP contribution is 2.26. The van der Waals surface area contributed by atoms with Crippen LogP contribution in [0.5, 0.6) is 0 Å². The van der Waals surface area contributed by atoms with Crippen molar-refractivity contribution in [3.8, 4) is 11.1 Å². The summed E-state index contributed by atoms with van der Waals surface area (Å²) in [4.78, 5) is 28.8. The first-order valence-corrected chi connectivity index (χ1v) is 7.96. The molecule has 1 atom stereocenters. The highest BCUT2D eigenvalue weighted by Gasteiger charge is 2.33. The van der Waals surface area contributed by atoms with Gasteiger partial charge in [-0.15, -0.1) is 0 Å². The van der Waals surface area contributed by atoms with Crippen LogP contribution in [0.25, 0.3) is 11.1 Å². The largest absolute Gasteiger partial charge is 0.442 e. The fraction of sp³-hybridized carbons (Fsp3) is 0.278. The lowest BCUT2D eigenvalue weighted by atomic mass is 10.0. The molecule has 1 saturated heterocycles. The van der Waals surface area contributed by atoms with Gasteiger partial charge in [-0.1, -0.05) is 24.3 Å². The summed E-state index contributed by atoms with van der Waals surface area (Å²) in [7, 11) is 0. The normalized spacial score (nSPS) is 16.6. The number of amides is 2. The summed E-state index contributed by atoms with van der Waals surface area (Å²) in [6, 6.07) is 11.1. The summed E-state index contributed by atoms with van der Waals surface area (Å²) >= 11 is 0. The molecule has 0 radical (unpaired) electrons. The Morgan fingerprint density at radius 2 is 2.16 bits per heavy atom. The second-order valence-electron chi connectivity index (χ2n) is 5.77. The first-order chi connectivity index (χ1) is 12.1. The number of carbonyl (C=O) groups is 2. The van der Waals surface area contributed by atoms with Crippen molar-refractivity contribution in [1.82, 2.24) is 10.3 Å². The molecule has 2 heterocycles. The monoisotopic (exact) mass is 341 g/mol. The van der Waals surface area contributed by atoms with Crippen molar-refractivity contribution in [2.75, 3.05) is 18.0 Å². The van der Waals surface area contributed by atoms with Gasteiger partial charge in [0.1, 0.15) is 11.9 Å². The summed E-state index contributed by atoms with van der Waals surface area (Å²) in [5.74, 6) is 0.320. The Morgan fingerprint density at radius 1 is 1.36 bits per heavy atom. The second-order valence-corrected chi connectivity index (χ2v) is 5.77. The quantitative estimate of drug-likeness (QED) is 0.864. The van der Waals surface area contributed by atoms with Crippen LogP contribution in [0.1, 0.15) is 12.5 Å². The van der Waals surface area contributed by atoms with Crippen LogP contribution in [0, 0.1) is 0 Å². The number of ether oxygens (including phenoxy) is 1. The fourth-order valence-electron chi connectivity index (χ4n) is 2.72. The lowest BCUT2D eigenvalue weighted by Crippen LogP contribution is -2.33. The van der Waals surface area contributed by atoms with Crippen molar-refractivity contribution in [3.63, 3.8) is 0 Å². The average Bonchev–Trinajstić information content (AvgIpc) is 3.01. The fourth-order valence-corrected chi connectivity index (χ4v) is 2.72. The number of aliphatic hydroxyl groups is 1. The Balaban J connectivity index is 1.74. The minimum Gasteiger partial charge on any atom is -0.442 e. The van der Waals surface area contributed by atoms with Crippen LogP contribution >= 0.6 is 0 Å². The Morgan fingerprint density at radius 3 is 2.84 bits per heavy atom. The van der Waals surface area contributed by atoms with Gasteiger partial charge in [0, 0.05) is 18.7 Å². The number of anilines is 1. The molecule has 0 aliphatic carbocycles. The molecule has 2 aromatic rings. The van der Waals surface area contributed by atoms with Crippen molar-refractivity contribution in [3.05, 3.63) is 48.2 Å². The van der Waals surface area contributed by atoms with E-state index in [9.17, 15) is 14.7 Å². The van der Waals surface area contributed by atoms with Gasteiger partial charge >= 0.3 is 6.09 Å². The lowest BCUT2D eigenvalue weighted by Gasteiger charge is -2.13. The molecule has 1 aliphatic heterocycles. The first-order valence-electron chi connectivity index (χ1n) is 7.96. The van der Waals surface area contributed by atoms with E-state index in [0.717, 1.165) is 16.7 Å². The van der Waals surface area contributed by atoms with E-state index in [0.29, 0.717) is 12.4 Å². The van der Waals surface area contributed by atoms with Gasteiger partial charge in [0.2, 0.25) is 5.91 Å². The van der Waals surface area contributed by atoms with Gasteiger partial charge in [-0.25, -0.2) is 9.78 Å². The van der Waals surface area contributed by atoms with E-state index in [1.54, 1.807) is 12.3 Å². The summed E-state index contributed by atoms with van der Waals surface area (Å²) in [5, 5.41) is 12.1. The molecule has 7 heteroatoms. The zero-order chi connectivity index (χ0) is 17.8. The lowest BCUT2D eigenvalue weighted by molar-refractivity contribution is -0.119. The van der Waals surface area contributed by atoms with Crippen LogP contribution in [-0.4, -0.2) is 41.3 Å². The molecule has 130 valence electrons. The Bertz CT molecular complexity index is 776. The number of carbonyl (C=O) groups excluding carboxylic acids is 2. The molecule has 2 amide bonds. The summed E-state index contributed by atoms with van der Waals surface area (Å²) in [5.41, 5.74) is 2.57. The minimum absolute atomic E-state index is 0.0544. The van der Waals surface area contributed by atoms with Gasteiger partial charge in [-0.3, -0.25) is 9.69 Å². The summed E-state index contributed by atoms with van der Waals surface area (Å²) in [6.45, 7) is 1.97. The maximum absolute atomic E-state index is 12.0. The average molecular weight is 341 g/mol. The third-order valence-electron chi connectivity index (χ3n) is 3.98. The first kappa shape index (κ1) is 16.9. The van der Waals surface area contributed by atoms with E-state index in [4.69, 9.17) is 4.74 Å². The Hall–Kier alpha value is -2.93. The molecule has 0 bridgehead atoms. The molecule has 1 aliphatic rings. The molecule has 0 spiro atoms. The molecule has 1 aromatic heterocycles. The van der Waals surface area contributed by atoms with E-state index in [1.807, 2.05) is 30.3 Å². The minimum atomic E-state index is -0.480. The van der Waals surface area contributed by atoms with E-state index in [-0.39, 0.29) is 19.1 Å². The molecular formula is C18H19N3O4. The maximum atomic E-state index is 12.0. The molecular weight excluding hydrogens is 322 g/mol.